The second kappa shape index (κ2) is 4.31. The lowest BCUT2D eigenvalue weighted by molar-refractivity contribution is -0.143. The highest BCUT2D eigenvalue weighted by atomic mass is 35.5. The Kier molecular flexibility index (Phi) is 3.03. The maximum absolute atomic E-state index is 10.7. The van der Waals surface area contributed by atoms with Crippen molar-refractivity contribution in [2.45, 2.75) is 12.0 Å². The molecule has 86 valence electrons. The van der Waals surface area contributed by atoms with Crippen molar-refractivity contribution in [1.29, 1.82) is 0 Å². The maximum Gasteiger partial charge on any atom is 0.307 e. The highest BCUT2D eigenvalue weighted by Gasteiger charge is 2.41. The molecule has 2 rings (SSSR count). The van der Waals surface area contributed by atoms with Gasteiger partial charge in [0.05, 0.1) is 11.4 Å². The predicted molar refractivity (Wildman–Crippen MR) is 59.9 cm³/mol. The maximum atomic E-state index is 10.7. The third-order valence-corrected chi connectivity index (χ3v) is 2.84. The molecule has 0 aromatic heterocycles. The third kappa shape index (κ3) is 2.28. The lowest BCUT2D eigenvalue weighted by Crippen LogP contribution is -2.64. The molecule has 1 aromatic carbocycles. The van der Waals surface area contributed by atoms with Gasteiger partial charge in [-0.15, -0.1) is 0 Å². The van der Waals surface area contributed by atoms with Crippen molar-refractivity contribution in [3.05, 3.63) is 29.3 Å². The minimum Gasteiger partial charge on any atom is -0.482 e. The number of nitrogens with one attached hydrogen (secondary N) is 1. The molecule has 1 fully saturated rings. The Morgan fingerprint density at radius 3 is 2.69 bits per heavy atom. The van der Waals surface area contributed by atoms with E-state index in [2.05, 4.69) is 5.32 Å². The van der Waals surface area contributed by atoms with Gasteiger partial charge in [0.2, 0.25) is 0 Å². The molecule has 1 heterocycles. The summed E-state index contributed by atoms with van der Waals surface area (Å²) >= 11 is 5.96. The standard InChI is InChI=1S/C11H12ClNO3/c12-8-3-1-2-4-9(8)16-11(5-10(14)15)6-13-7-11/h1-4,13H,5-7H2,(H,14,15). The molecule has 0 bridgehead atoms. The van der Waals surface area contributed by atoms with Crippen LogP contribution in [0.15, 0.2) is 24.3 Å². The van der Waals surface area contributed by atoms with Gasteiger partial charge < -0.3 is 15.2 Å². The predicted octanol–water partition coefficient (Wildman–Crippen LogP) is 1.54. The summed E-state index contributed by atoms with van der Waals surface area (Å²) in [5.41, 5.74) is -0.656. The van der Waals surface area contributed by atoms with Crippen molar-refractivity contribution in [3.8, 4) is 5.75 Å². The number of carboxylic acid groups (broad SMARTS) is 1. The van der Waals surface area contributed by atoms with E-state index in [1.54, 1.807) is 18.2 Å². The first-order chi connectivity index (χ1) is 7.61. The van der Waals surface area contributed by atoms with Crippen LogP contribution in [0.5, 0.6) is 5.75 Å². The monoisotopic (exact) mass is 241 g/mol. The molecule has 0 amide bonds. The quantitative estimate of drug-likeness (QED) is 0.840. The highest BCUT2D eigenvalue weighted by molar-refractivity contribution is 6.32. The van der Waals surface area contributed by atoms with Gasteiger partial charge in [0.15, 0.2) is 0 Å². The van der Waals surface area contributed by atoms with Crippen LogP contribution in [-0.4, -0.2) is 29.8 Å². The Hall–Kier alpha value is -1.26. The summed E-state index contributed by atoms with van der Waals surface area (Å²) < 4.78 is 5.70. The normalized spacial score (nSPS) is 17.6. The van der Waals surface area contributed by atoms with Crippen LogP contribution in [0.2, 0.25) is 5.02 Å². The van der Waals surface area contributed by atoms with Gasteiger partial charge >= 0.3 is 5.97 Å². The number of benzene rings is 1. The van der Waals surface area contributed by atoms with Gasteiger partial charge in [-0.1, -0.05) is 23.7 Å². The summed E-state index contributed by atoms with van der Waals surface area (Å²) in [6.07, 6.45) is -0.0226. The van der Waals surface area contributed by atoms with Gasteiger partial charge in [-0.2, -0.15) is 0 Å². The molecule has 1 saturated heterocycles. The summed E-state index contributed by atoms with van der Waals surface area (Å²) in [5, 5.41) is 12.3. The summed E-state index contributed by atoms with van der Waals surface area (Å²) in [6.45, 7) is 1.06. The Balaban J connectivity index is 2.13. The van der Waals surface area contributed by atoms with E-state index in [1.807, 2.05) is 6.07 Å². The van der Waals surface area contributed by atoms with Gasteiger partial charge in [-0.3, -0.25) is 4.79 Å². The summed E-state index contributed by atoms with van der Waals surface area (Å²) in [5.74, 6) is -0.333. The third-order valence-electron chi connectivity index (χ3n) is 2.53. The molecule has 2 N–H and O–H groups in total. The lowest BCUT2D eigenvalue weighted by Gasteiger charge is -2.41. The van der Waals surface area contributed by atoms with Gasteiger partial charge in [0.1, 0.15) is 11.4 Å². The van der Waals surface area contributed by atoms with E-state index < -0.39 is 11.6 Å². The molecular weight excluding hydrogens is 230 g/mol. The van der Waals surface area contributed by atoms with Gasteiger partial charge in [-0.25, -0.2) is 0 Å². The molecule has 0 radical (unpaired) electrons. The van der Waals surface area contributed by atoms with Crippen LogP contribution < -0.4 is 10.1 Å². The molecule has 5 heteroatoms. The Labute approximate surface area is 98.2 Å². The zero-order valence-corrected chi connectivity index (χ0v) is 9.33. The molecular formula is C11H12ClNO3. The average molecular weight is 242 g/mol. The van der Waals surface area contributed by atoms with Gasteiger partial charge in [0.25, 0.3) is 0 Å². The second-order valence-electron chi connectivity index (χ2n) is 3.89. The highest BCUT2D eigenvalue weighted by Crippen LogP contribution is 2.30. The Morgan fingerprint density at radius 1 is 1.50 bits per heavy atom. The van der Waals surface area contributed by atoms with Gasteiger partial charge in [-0.05, 0) is 12.1 Å². The number of aliphatic carboxylic acids is 1. The minimum absolute atomic E-state index is 0.0226. The zero-order valence-electron chi connectivity index (χ0n) is 8.57. The molecule has 1 aromatic rings. The van der Waals surface area contributed by atoms with Crippen LogP contribution in [0.1, 0.15) is 6.42 Å². The molecule has 1 aliphatic heterocycles. The van der Waals surface area contributed by atoms with E-state index >= 15 is 0 Å². The molecule has 1 aliphatic rings. The number of rotatable bonds is 4. The fourth-order valence-corrected chi connectivity index (χ4v) is 1.85. The largest absolute Gasteiger partial charge is 0.482 e. The van der Waals surface area contributed by atoms with Crippen LogP contribution in [0.4, 0.5) is 0 Å². The van der Waals surface area contributed by atoms with Crippen molar-refractivity contribution in [2.75, 3.05) is 13.1 Å². The van der Waals surface area contributed by atoms with Crippen molar-refractivity contribution < 1.29 is 14.6 Å². The first-order valence-corrected chi connectivity index (χ1v) is 5.35. The summed E-state index contributed by atoms with van der Waals surface area (Å²) in [6, 6.07) is 7.07. The fourth-order valence-electron chi connectivity index (χ4n) is 1.67. The van der Waals surface area contributed by atoms with Crippen molar-refractivity contribution in [3.63, 3.8) is 0 Å². The lowest BCUT2D eigenvalue weighted by atomic mass is 9.92. The Bertz CT molecular complexity index is 404. The van der Waals surface area contributed by atoms with E-state index in [4.69, 9.17) is 21.4 Å². The average Bonchev–Trinajstić information content (AvgIpc) is 2.17. The number of para-hydroxylation sites is 1. The van der Waals surface area contributed by atoms with E-state index in [9.17, 15) is 4.79 Å². The summed E-state index contributed by atoms with van der Waals surface area (Å²) in [7, 11) is 0. The number of halogens is 1. The van der Waals surface area contributed by atoms with Gasteiger partial charge in [0, 0.05) is 13.1 Å². The van der Waals surface area contributed by atoms with Crippen LogP contribution in [0, 0.1) is 0 Å². The van der Waals surface area contributed by atoms with Crippen molar-refractivity contribution in [2.24, 2.45) is 0 Å². The molecule has 0 saturated carbocycles. The van der Waals surface area contributed by atoms with E-state index in [-0.39, 0.29) is 6.42 Å². The molecule has 4 nitrogen and oxygen atoms in total. The first kappa shape index (κ1) is 11.2. The molecule has 0 spiro atoms. The van der Waals surface area contributed by atoms with Crippen LogP contribution in [0.3, 0.4) is 0 Å². The first-order valence-electron chi connectivity index (χ1n) is 4.97. The zero-order chi connectivity index (χ0) is 11.6. The van der Waals surface area contributed by atoms with E-state index in [1.165, 1.54) is 0 Å². The number of hydrogen-bond donors (Lipinski definition) is 2. The molecule has 0 aliphatic carbocycles. The topological polar surface area (TPSA) is 58.6 Å². The fraction of sp³-hybridized carbons (Fsp3) is 0.364. The minimum atomic E-state index is -0.867. The van der Waals surface area contributed by atoms with Crippen molar-refractivity contribution in [1.82, 2.24) is 5.32 Å². The molecule has 0 unspecified atom stereocenters. The number of hydrogen-bond acceptors (Lipinski definition) is 3. The SMILES string of the molecule is O=C(O)CC1(Oc2ccccc2Cl)CNC1. The molecule has 16 heavy (non-hydrogen) atoms. The number of ether oxygens (including phenoxy) is 1. The van der Waals surface area contributed by atoms with Crippen LogP contribution in [-0.2, 0) is 4.79 Å². The second-order valence-corrected chi connectivity index (χ2v) is 4.30. The molecule has 0 atom stereocenters. The van der Waals surface area contributed by atoms with Crippen LogP contribution >= 0.6 is 11.6 Å². The van der Waals surface area contributed by atoms with Crippen molar-refractivity contribution >= 4 is 17.6 Å². The number of carboxylic acids is 1. The smallest absolute Gasteiger partial charge is 0.307 e. The van der Waals surface area contributed by atoms with Crippen LogP contribution in [0.25, 0.3) is 0 Å². The number of carbonyl (C=O) groups is 1. The summed E-state index contributed by atoms with van der Waals surface area (Å²) in [4.78, 5) is 10.7. The Morgan fingerprint density at radius 2 is 2.19 bits per heavy atom. The van der Waals surface area contributed by atoms with E-state index in [0.717, 1.165) is 0 Å². The van der Waals surface area contributed by atoms with E-state index in [0.29, 0.717) is 23.9 Å².